The number of carbonyl (C=O) groups is 3. The number of nitrogens with zero attached hydrogens (tertiary/aromatic N) is 4. The lowest BCUT2D eigenvalue weighted by atomic mass is 9.76. The Hall–Kier alpha value is -8.68. The zero-order valence-electron chi connectivity index (χ0n) is 55.2. The van der Waals surface area contributed by atoms with Gasteiger partial charge < -0.3 is 35.0 Å². The van der Waals surface area contributed by atoms with Crippen LogP contribution in [0.2, 0.25) is 13.1 Å². The minimum absolute atomic E-state index is 0.00267. The van der Waals surface area contributed by atoms with Crippen molar-refractivity contribution in [2.45, 2.75) is 97.3 Å². The number of ketones is 1. The molecule has 7 aromatic carbocycles. The lowest BCUT2D eigenvalue weighted by molar-refractivity contribution is -0.169. The number of benzene rings is 7. The second kappa shape index (κ2) is 29.8. The molecule has 0 aromatic heterocycles. The molecule has 2 amide bonds. The van der Waals surface area contributed by atoms with Gasteiger partial charge in [-0.05, 0) is 193 Å². The third kappa shape index (κ3) is 16.5. The molecule has 0 saturated heterocycles. The maximum atomic E-state index is 14.6. The van der Waals surface area contributed by atoms with E-state index in [1.165, 1.54) is 20.1 Å². The number of Topliss-reactive ketones (excluding diaryl/α,β-unsaturated/α-hetero) is 1. The van der Waals surface area contributed by atoms with Gasteiger partial charge in [0.2, 0.25) is 5.91 Å². The van der Waals surface area contributed by atoms with Crippen molar-refractivity contribution in [2.24, 2.45) is 4.99 Å². The highest BCUT2D eigenvalue weighted by molar-refractivity contribution is 6.98. The average Bonchev–Trinajstić information content (AvgIpc) is 0.722. The van der Waals surface area contributed by atoms with Crippen LogP contribution in [-0.2, 0) is 52.9 Å². The molecule has 5 N–H and O–H groups in total. The molecule has 0 atom stereocenters. The van der Waals surface area contributed by atoms with E-state index in [4.69, 9.17) is 4.74 Å². The molecule has 512 valence electrons. The van der Waals surface area contributed by atoms with Gasteiger partial charge >= 0.3 is 38.7 Å². The molecule has 0 unspecified atom stereocenters. The number of methoxy groups -OCH3 is 1. The number of allylic oxidation sites excluding steroid dienone is 6. The fraction of sp³-hybridized carbons (Fsp3) is 0.288. The van der Waals surface area contributed by atoms with E-state index in [2.05, 4.69) is 42.6 Å². The lowest BCUT2D eigenvalue weighted by Gasteiger charge is -2.38. The van der Waals surface area contributed by atoms with Crippen LogP contribution in [0, 0.1) is 0 Å². The number of nitrogens with one attached hydrogen (secondary N) is 1. The molecule has 25 heteroatoms. The molecule has 1 heterocycles. The van der Waals surface area contributed by atoms with Crippen molar-refractivity contribution in [3.05, 3.63) is 213 Å². The van der Waals surface area contributed by atoms with E-state index in [1.807, 2.05) is 83.4 Å². The van der Waals surface area contributed by atoms with Crippen LogP contribution in [0.1, 0.15) is 84.0 Å². The lowest BCUT2D eigenvalue weighted by Crippen LogP contribution is -2.49. The number of aliphatic imine (C=N–C) groups is 1. The van der Waals surface area contributed by atoms with Crippen LogP contribution in [0.25, 0.3) is 38.2 Å². The first-order valence-corrected chi connectivity index (χ1v) is 34.6. The average molecular weight is 1370 g/mol. The molecule has 0 radical (unpaired) electrons. The van der Waals surface area contributed by atoms with Crippen molar-refractivity contribution >= 4 is 94.5 Å². The maximum Gasteiger partial charge on any atom is 0.488 e. The van der Waals surface area contributed by atoms with E-state index in [0.717, 1.165) is 52.8 Å². The standard InChI is InChI=1S/C73H74B2F9N5O8Si/c1-43(2)64(90)17-12-13-31-88(39-47-33-49(71(76,77)78)20-27-62(47)74(93)94)42-61-54-16-11-10-15-53(54)60(41-89(32-14-30-85-69(91)44(3)4)40-48-34-50(72(79,80)81)21-28-63(48)75(95)96)55-24-18-45(35-58(55)61)46-19-29-65(97-7)59(36-46)68-56-25-22-51(86-70(92)73(82,83)84)37-66(56)98(8,9)67-38-52(87(5)6)23-26-57(67)68/h10-11,15-16,18-29,33-38,93-96H,1,3,12-14,17,30-32,39-42H2,2,4-9H3,(H,85,91). The maximum absolute atomic E-state index is 14.6. The monoisotopic (exact) mass is 1370 g/mol. The highest BCUT2D eigenvalue weighted by Crippen LogP contribution is 2.47. The van der Waals surface area contributed by atoms with Gasteiger partial charge in [-0.3, -0.25) is 24.2 Å². The normalized spacial score (nSPS) is 14.2. The summed E-state index contributed by atoms with van der Waals surface area (Å²) in [5, 5.41) is 49.5. The first-order valence-electron chi connectivity index (χ1n) is 31.6. The fourth-order valence-corrected chi connectivity index (χ4v) is 15.9. The van der Waals surface area contributed by atoms with Crippen molar-refractivity contribution in [2.75, 3.05) is 45.7 Å². The molecular weight excluding hydrogens is 1300 g/mol. The second-order valence-corrected chi connectivity index (χ2v) is 29.8. The number of alkyl halides is 9. The Bertz CT molecular complexity index is 4430. The molecule has 1 aliphatic heterocycles. The zero-order valence-corrected chi connectivity index (χ0v) is 56.2. The Morgan fingerprint density at radius 3 is 1.70 bits per heavy atom. The molecule has 7 aromatic rings. The summed E-state index contributed by atoms with van der Waals surface area (Å²) < 4.78 is 134. The quantitative estimate of drug-likeness (QED) is 0.0121. The van der Waals surface area contributed by atoms with Crippen LogP contribution in [0.5, 0.6) is 5.75 Å². The van der Waals surface area contributed by atoms with E-state index >= 15 is 0 Å². The summed E-state index contributed by atoms with van der Waals surface area (Å²) in [4.78, 5) is 47.0. The molecule has 0 fully saturated rings. The van der Waals surface area contributed by atoms with Crippen molar-refractivity contribution in [3.8, 4) is 16.9 Å². The van der Waals surface area contributed by atoms with Crippen LogP contribution in [-0.4, -0.2) is 123 Å². The number of halogens is 9. The van der Waals surface area contributed by atoms with Gasteiger partial charge in [-0.15, -0.1) is 0 Å². The fourth-order valence-electron chi connectivity index (χ4n) is 12.8. The minimum atomic E-state index is -5.22. The topological polar surface area (TPSA) is 175 Å². The van der Waals surface area contributed by atoms with E-state index < -0.39 is 63.8 Å². The SMILES string of the molecule is C=C(C)C(=O)CCCCN(Cc1cc(C(F)(F)F)ccc1B(O)O)Cc1c2ccccc2c(CN(CCCNC(=O)C(=C)C)Cc2cc(C(F)(F)F)ccc2B(O)O)c2ccc(-c3ccc(OC)c(C4=C5C=CC(=NC(=O)C(F)(F)F)C=C5[Si](C)(C)c5cc(N(C)C)ccc54)c3)cc12. The number of hydrogen-bond donors (Lipinski definition) is 5. The van der Waals surface area contributed by atoms with Crippen molar-refractivity contribution in [3.63, 3.8) is 0 Å². The number of amides is 2. The molecule has 0 saturated carbocycles. The van der Waals surface area contributed by atoms with Gasteiger partial charge in [0.1, 0.15) is 13.8 Å². The molecule has 0 spiro atoms. The summed E-state index contributed by atoms with van der Waals surface area (Å²) in [7, 11) is -1.91. The largest absolute Gasteiger partial charge is 0.496 e. The highest BCUT2D eigenvalue weighted by atomic mass is 28.3. The van der Waals surface area contributed by atoms with Gasteiger partial charge in [-0.2, -0.15) is 39.5 Å². The summed E-state index contributed by atoms with van der Waals surface area (Å²) in [5.74, 6) is -2.42. The molecule has 1 aliphatic carbocycles. The van der Waals surface area contributed by atoms with E-state index in [-0.39, 0.29) is 97.8 Å². The van der Waals surface area contributed by atoms with Crippen LogP contribution in [0.15, 0.2) is 174 Å². The predicted molar refractivity (Wildman–Crippen MR) is 370 cm³/mol. The number of fused-ring (bicyclic) bond motifs is 4. The zero-order chi connectivity index (χ0) is 71.5. The number of rotatable bonds is 25. The van der Waals surface area contributed by atoms with Gasteiger partial charge in [0.25, 0.3) is 0 Å². The molecular formula is C73H74B2F9N5O8Si. The van der Waals surface area contributed by atoms with Crippen LogP contribution < -0.4 is 31.1 Å². The number of unbranched alkanes of at least 4 members (excludes halogenated alkanes) is 1. The Morgan fingerprint density at radius 1 is 0.622 bits per heavy atom. The Labute approximate surface area is 563 Å². The van der Waals surface area contributed by atoms with E-state index in [0.29, 0.717) is 89.9 Å². The number of carbonyl (C=O) groups excluding carboxylic acids is 3. The minimum Gasteiger partial charge on any atom is -0.496 e. The molecule has 13 nitrogen and oxygen atoms in total. The number of anilines is 1. The molecule has 0 bridgehead atoms. The summed E-state index contributed by atoms with van der Waals surface area (Å²) in [6.45, 7) is 14.7. The van der Waals surface area contributed by atoms with Crippen molar-refractivity contribution < 1.29 is 78.7 Å². The van der Waals surface area contributed by atoms with Gasteiger partial charge in [0, 0.05) is 76.6 Å². The number of ether oxygens (including phenoxy) is 1. The Balaban J connectivity index is 1.30. The summed E-state index contributed by atoms with van der Waals surface area (Å²) in [6.07, 6.45) is -9.15. The molecule has 9 rings (SSSR count). The van der Waals surface area contributed by atoms with Crippen molar-refractivity contribution in [1.82, 2.24) is 15.1 Å². The Kier molecular flexibility index (Phi) is 22.4. The summed E-state index contributed by atoms with van der Waals surface area (Å²) >= 11 is 0. The van der Waals surface area contributed by atoms with Gasteiger partial charge in [0.05, 0.1) is 23.9 Å². The van der Waals surface area contributed by atoms with Crippen LogP contribution in [0.4, 0.5) is 45.2 Å². The summed E-state index contributed by atoms with van der Waals surface area (Å²) in [5.41, 5.74) is 4.16. The van der Waals surface area contributed by atoms with E-state index in [1.54, 1.807) is 37.3 Å². The van der Waals surface area contributed by atoms with Gasteiger partial charge in [0.15, 0.2) is 5.78 Å². The Morgan fingerprint density at radius 2 is 1.17 bits per heavy atom. The van der Waals surface area contributed by atoms with Gasteiger partial charge in [-0.25, -0.2) is 4.99 Å². The third-order valence-electron chi connectivity index (χ3n) is 17.9. The van der Waals surface area contributed by atoms with Crippen molar-refractivity contribution in [1.29, 1.82) is 0 Å². The first-order chi connectivity index (χ1) is 46.1. The van der Waals surface area contributed by atoms with E-state index in [9.17, 15) is 74.0 Å². The van der Waals surface area contributed by atoms with Gasteiger partial charge in [-0.1, -0.05) is 105 Å². The second-order valence-electron chi connectivity index (χ2n) is 25.5. The predicted octanol–water partition coefficient (Wildman–Crippen LogP) is 11.8. The summed E-state index contributed by atoms with van der Waals surface area (Å²) in [6, 6.07) is 30.0. The first kappa shape index (κ1) is 73.6. The number of hydrogen-bond acceptors (Lipinski definition) is 11. The highest BCUT2D eigenvalue weighted by Gasteiger charge is 2.43. The van der Waals surface area contributed by atoms with Crippen LogP contribution >= 0.6 is 0 Å². The third-order valence-corrected chi connectivity index (χ3v) is 21.4. The molecule has 2 aliphatic rings. The smallest absolute Gasteiger partial charge is 0.488 e. The van der Waals surface area contributed by atoms with Crippen LogP contribution in [0.3, 0.4) is 0 Å². The molecule has 98 heavy (non-hydrogen) atoms.